The third kappa shape index (κ3) is 11.3. The fraction of sp³-hybridized carbons (Fsp3) is 0.654. The fourth-order valence-electron chi connectivity index (χ4n) is 11.4. The Balaban J connectivity index is 0.858. The van der Waals surface area contributed by atoms with E-state index in [-0.39, 0.29) is 84.8 Å². The summed E-state index contributed by atoms with van der Waals surface area (Å²) in [5.74, 6) is -0.0681. The second-order valence-electron chi connectivity index (χ2n) is 21.3. The smallest absolute Gasteiger partial charge is 0.246 e. The highest BCUT2D eigenvalue weighted by atomic mass is 32.2. The first kappa shape index (κ1) is 53.1. The molecule has 2 unspecified atom stereocenters. The molecule has 6 N–H and O–H groups in total. The van der Waals surface area contributed by atoms with Crippen LogP contribution in [0.4, 0.5) is 0 Å². The molecule has 0 aromatic heterocycles. The SMILES string of the molecule is CN[C@@H](C)C(=O)N[C@H]1CCSC2CC(C)(C)[C@@H](C(=O)N[C@H]3c4ccccc4C[C@H]3OCCOCCO[C@@H]3Cc4ccccc4[C@@H]3NC(=O)[C@H]3N4C(=O)[C@@H](NC(=O)[C@H](C)NC)CCSC4CC3(C)C)N2C1=O. The molecule has 0 radical (unpaired) electrons. The molecule has 4 heterocycles. The number of hydrogen-bond acceptors (Lipinski definition) is 13. The number of hydrogen-bond donors (Lipinski definition) is 6. The molecule has 4 fully saturated rings. The number of benzene rings is 2. The van der Waals surface area contributed by atoms with Crippen molar-refractivity contribution in [1.82, 2.24) is 41.7 Å². The maximum absolute atomic E-state index is 14.6. The van der Waals surface area contributed by atoms with Crippen molar-refractivity contribution in [3.8, 4) is 0 Å². The van der Waals surface area contributed by atoms with Gasteiger partial charge in [0, 0.05) is 12.8 Å². The quantitative estimate of drug-likeness (QED) is 0.119. The van der Waals surface area contributed by atoms with Crippen LogP contribution in [-0.4, -0.2) is 156 Å². The summed E-state index contributed by atoms with van der Waals surface area (Å²) in [7, 11) is 3.40. The van der Waals surface area contributed by atoms with Crippen molar-refractivity contribution in [1.29, 1.82) is 0 Å². The van der Waals surface area contributed by atoms with Gasteiger partial charge in [0.25, 0.3) is 0 Å². The lowest BCUT2D eigenvalue weighted by atomic mass is 9.83. The minimum Gasteiger partial charge on any atom is -0.377 e. The number of likely N-dealkylation sites (N-methyl/N-ethyl adjacent to an activating group) is 2. The molecule has 19 heteroatoms. The van der Waals surface area contributed by atoms with Crippen molar-refractivity contribution in [3.05, 3.63) is 70.8 Å². The normalized spacial score (nSPS) is 30.3. The molecule has 17 nitrogen and oxygen atoms in total. The number of nitrogens with zero attached hydrogens (tertiary/aromatic N) is 2. The lowest BCUT2D eigenvalue weighted by Crippen LogP contribution is -2.58. The van der Waals surface area contributed by atoms with Gasteiger partial charge in [-0.15, -0.1) is 23.5 Å². The molecule has 0 spiro atoms. The zero-order chi connectivity index (χ0) is 50.8. The van der Waals surface area contributed by atoms with Gasteiger partial charge in [-0.2, -0.15) is 0 Å². The summed E-state index contributed by atoms with van der Waals surface area (Å²) in [6, 6.07) is 11.3. The second-order valence-corrected chi connectivity index (χ2v) is 23.8. The van der Waals surface area contributed by atoms with Crippen LogP contribution in [0.1, 0.15) is 102 Å². The van der Waals surface area contributed by atoms with E-state index in [0.29, 0.717) is 50.0 Å². The minimum atomic E-state index is -0.741. The lowest BCUT2D eigenvalue weighted by Gasteiger charge is -2.35. The van der Waals surface area contributed by atoms with Crippen LogP contribution in [0.5, 0.6) is 0 Å². The molecule has 12 atom stereocenters. The van der Waals surface area contributed by atoms with Crippen molar-refractivity contribution in [2.75, 3.05) is 52.0 Å². The molecule has 4 saturated heterocycles. The van der Waals surface area contributed by atoms with Crippen molar-refractivity contribution in [2.24, 2.45) is 10.8 Å². The highest BCUT2D eigenvalue weighted by Crippen LogP contribution is 2.48. The van der Waals surface area contributed by atoms with Gasteiger partial charge in [-0.3, -0.25) is 28.8 Å². The Bertz CT molecular complexity index is 2150. The van der Waals surface area contributed by atoms with Crippen molar-refractivity contribution >= 4 is 59.0 Å². The van der Waals surface area contributed by atoms with Crippen LogP contribution in [-0.2, 0) is 55.8 Å². The Labute approximate surface area is 426 Å². The Kier molecular flexibility index (Phi) is 16.8. The van der Waals surface area contributed by atoms with Gasteiger partial charge in [0.05, 0.1) is 73.6 Å². The predicted octanol–water partition coefficient (Wildman–Crippen LogP) is 2.97. The first-order chi connectivity index (χ1) is 33.9. The largest absolute Gasteiger partial charge is 0.377 e. The molecule has 8 rings (SSSR count). The molecule has 2 aromatic rings. The van der Waals surface area contributed by atoms with Crippen molar-refractivity contribution in [3.63, 3.8) is 0 Å². The van der Waals surface area contributed by atoms with Gasteiger partial charge in [0.2, 0.25) is 35.4 Å². The van der Waals surface area contributed by atoms with Gasteiger partial charge in [-0.05, 0) is 98.2 Å². The zero-order valence-corrected chi connectivity index (χ0v) is 44.1. The number of ether oxygens (including phenoxy) is 3. The summed E-state index contributed by atoms with van der Waals surface area (Å²) < 4.78 is 19.0. The first-order valence-corrected chi connectivity index (χ1v) is 27.4. The summed E-state index contributed by atoms with van der Waals surface area (Å²) in [5, 5.41) is 18.0. The number of amides is 6. The molecular weight excluding hydrogens is 945 g/mol. The summed E-state index contributed by atoms with van der Waals surface area (Å²) in [6.45, 7) is 12.7. The van der Waals surface area contributed by atoms with E-state index in [4.69, 9.17) is 14.2 Å². The van der Waals surface area contributed by atoms with Crippen LogP contribution in [0.2, 0.25) is 0 Å². The van der Waals surface area contributed by atoms with Gasteiger partial charge < -0.3 is 55.9 Å². The molecular formula is C52H74N8O9S2. The maximum Gasteiger partial charge on any atom is 0.246 e. The van der Waals surface area contributed by atoms with E-state index in [1.54, 1.807) is 61.3 Å². The number of carbonyl (C=O) groups is 6. The van der Waals surface area contributed by atoms with E-state index in [1.807, 2.05) is 64.1 Å². The number of rotatable bonds is 18. The Morgan fingerprint density at radius 2 is 1.01 bits per heavy atom. The average Bonchev–Trinajstić information content (AvgIpc) is 3.98. The highest BCUT2D eigenvalue weighted by molar-refractivity contribution is 8.00. The van der Waals surface area contributed by atoms with E-state index >= 15 is 0 Å². The number of fused-ring (bicyclic) bond motifs is 4. The number of carbonyl (C=O) groups excluding carboxylic acids is 6. The van der Waals surface area contributed by atoms with Crippen LogP contribution in [0.25, 0.3) is 0 Å². The van der Waals surface area contributed by atoms with E-state index in [1.165, 1.54) is 0 Å². The van der Waals surface area contributed by atoms with Crippen molar-refractivity contribution in [2.45, 2.75) is 151 Å². The molecule has 2 aromatic carbocycles. The highest BCUT2D eigenvalue weighted by Gasteiger charge is 2.57. The zero-order valence-electron chi connectivity index (χ0n) is 42.4. The Morgan fingerprint density at radius 3 is 1.41 bits per heavy atom. The van der Waals surface area contributed by atoms with Gasteiger partial charge in [0.1, 0.15) is 24.2 Å². The summed E-state index contributed by atoms with van der Waals surface area (Å²) >= 11 is 3.33. The molecule has 6 amide bonds. The van der Waals surface area contributed by atoms with Crippen molar-refractivity contribution < 1.29 is 43.0 Å². The maximum atomic E-state index is 14.6. The molecule has 0 saturated carbocycles. The molecule has 2 aliphatic carbocycles. The molecule has 4 aliphatic heterocycles. The third-order valence-corrected chi connectivity index (χ3v) is 18.0. The van der Waals surface area contributed by atoms with Crippen LogP contribution in [0.15, 0.2) is 48.5 Å². The van der Waals surface area contributed by atoms with Gasteiger partial charge in [-0.25, -0.2) is 0 Å². The number of thioether (sulfide) groups is 2. The predicted molar refractivity (Wildman–Crippen MR) is 273 cm³/mol. The van der Waals surface area contributed by atoms with E-state index in [0.717, 1.165) is 22.3 Å². The summed E-state index contributed by atoms with van der Waals surface area (Å²) in [4.78, 5) is 86.7. The fourth-order valence-corrected chi connectivity index (χ4v) is 14.6. The van der Waals surface area contributed by atoms with Crippen LogP contribution >= 0.6 is 23.5 Å². The molecule has 6 aliphatic rings. The molecule has 388 valence electrons. The van der Waals surface area contributed by atoms with Gasteiger partial charge in [0.15, 0.2) is 0 Å². The van der Waals surface area contributed by atoms with Crippen LogP contribution < -0.4 is 31.9 Å². The van der Waals surface area contributed by atoms with E-state index < -0.39 is 59.2 Å². The summed E-state index contributed by atoms with van der Waals surface area (Å²) in [6.07, 6.45) is 2.76. The summed E-state index contributed by atoms with van der Waals surface area (Å²) in [5.41, 5.74) is 3.10. The van der Waals surface area contributed by atoms with E-state index in [9.17, 15) is 28.8 Å². The minimum absolute atomic E-state index is 0.180. The topological polar surface area (TPSA) is 209 Å². The average molecular weight is 1020 g/mol. The second kappa shape index (κ2) is 22.5. The monoisotopic (exact) mass is 1020 g/mol. The number of nitrogens with one attached hydrogen (secondary N) is 6. The molecule has 0 bridgehead atoms. The lowest BCUT2D eigenvalue weighted by molar-refractivity contribution is -0.144. The molecule has 71 heavy (non-hydrogen) atoms. The van der Waals surface area contributed by atoms with Gasteiger partial charge in [-0.1, -0.05) is 76.2 Å². The first-order valence-electron chi connectivity index (χ1n) is 25.3. The Morgan fingerprint density at radius 1 is 0.620 bits per heavy atom. The Hall–Kier alpha value is -4.24. The van der Waals surface area contributed by atoms with E-state index in [2.05, 4.69) is 44.0 Å². The standard InChI is InChI=1S/C52H74N8O9S2/c1-29(53-7)45(61)55-35-17-23-70-39-27-51(3,4)43(59(39)49(35)65)47(63)57-41-33-15-11-9-13-31(33)25-37(41)68-21-19-67-20-22-69-38-26-32-14-10-12-16-34(32)42(38)58-48(64)44-52(5,6)28-40-60(44)50(66)36(18-24-71-40)56-46(62)30(2)54-8/h9-16,29-30,35-44,53-54H,17-28H2,1-8H3,(H,55,61)(H,56,62)(H,57,63)(H,58,64)/t29-,30-,35-,36-,37+,38+,39?,40?,41-,42-,43+,44+/m0/s1. The van der Waals surface area contributed by atoms with Gasteiger partial charge >= 0.3 is 0 Å². The third-order valence-electron chi connectivity index (χ3n) is 15.5. The van der Waals surface area contributed by atoms with Crippen LogP contribution in [0.3, 0.4) is 0 Å². The van der Waals surface area contributed by atoms with Crippen LogP contribution in [0, 0.1) is 10.8 Å².